The maximum atomic E-state index is 12.0. The number of benzene rings is 1. The van der Waals surface area contributed by atoms with Crippen molar-refractivity contribution in [2.75, 3.05) is 7.11 Å². The molecule has 0 fully saturated rings. The Morgan fingerprint density at radius 1 is 1.24 bits per heavy atom. The molecule has 0 radical (unpaired) electrons. The van der Waals surface area contributed by atoms with Gasteiger partial charge in [0.15, 0.2) is 0 Å². The van der Waals surface area contributed by atoms with Crippen molar-refractivity contribution < 1.29 is 14.3 Å². The van der Waals surface area contributed by atoms with Crippen LogP contribution in [0, 0.1) is 0 Å². The van der Waals surface area contributed by atoms with E-state index in [2.05, 4.69) is 12.2 Å². The highest BCUT2D eigenvalue weighted by Gasteiger charge is 2.20. The van der Waals surface area contributed by atoms with E-state index in [1.165, 1.54) is 0 Å². The molecule has 5 heteroatoms. The van der Waals surface area contributed by atoms with E-state index in [1.54, 1.807) is 7.11 Å². The van der Waals surface area contributed by atoms with Gasteiger partial charge in [0.25, 0.3) is 0 Å². The molecule has 25 heavy (non-hydrogen) atoms. The van der Waals surface area contributed by atoms with Crippen molar-refractivity contribution in [2.24, 2.45) is 0 Å². The number of methoxy groups -OCH3 is 1. The van der Waals surface area contributed by atoms with Gasteiger partial charge in [-0.2, -0.15) is 0 Å². The number of carbonyl (C=O) groups is 1. The molecule has 0 aliphatic heterocycles. The first kappa shape index (κ1) is 21.6. The minimum Gasteiger partial charge on any atom is -0.496 e. The van der Waals surface area contributed by atoms with Crippen molar-refractivity contribution in [3.8, 4) is 5.75 Å². The molecule has 0 aromatic heterocycles. The minimum atomic E-state index is -0.510. The Kier molecular flexibility index (Phi) is 8.57. The summed E-state index contributed by atoms with van der Waals surface area (Å²) >= 11 is 6.45. The first-order valence-corrected chi connectivity index (χ1v) is 9.42. The Hall–Kier alpha value is -1.42. The van der Waals surface area contributed by atoms with Crippen LogP contribution in [-0.2, 0) is 17.6 Å². The maximum absolute atomic E-state index is 12.0. The maximum Gasteiger partial charge on any atom is 0.407 e. The number of unbranched alkanes of at least 4 members (excludes halogenated alkanes) is 1. The third kappa shape index (κ3) is 7.55. The number of rotatable bonds is 8. The fourth-order valence-electron chi connectivity index (χ4n) is 2.58. The van der Waals surface area contributed by atoms with Gasteiger partial charge in [0.2, 0.25) is 0 Å². The zero-order valence-corrected chi connectivity index (χ0v) is 17.1. The second-order valence-electron chi connectivity index (χ2n) is 7.31. The van der Waals surface area contributed by atoms with E-state index in [0.29, 0.717) is 6.42 Å². The molecule has 1 atom stereocenters. The lowest BCUT2D eigenvalue weighted by molar-refractivity contribution is 0.0502. The van der Waals surface area contributed by atoms with Gasteiger partial charge >= 0.3 is 6.09 Å². The summed E-state index contributed by atoms with van der Waals surface area (Å²) in [6.07, 6.45) is 4.20. The third-order valence-corrected chi connectivity index (χ3v) is 4.28. The number of hydrogen-bond donors (Lipinski definition) is 1. The quantitative estimate of drug-likeness (QED) is 0.654. The number of ether oxygens (including phenoxy) is 2. The van der Waals surface area contributed by atoms with E-state index in [1.807, 2.05) is 39.8 Å². The number of aryl methyl sites for hydroxylation is 1. The Morgan fingerprint density at radius 3 is 2.44 bits per heavy atom. The fourth-order valence-corrected chi connectivity index (χ4v) is 2.86. The summed E-state index contributed by atoms with van der Waals surface area (Å²) in [7, 11) is 1.67. The summed E-state index contributed by atoms with van der Waals surface area (Å²) in [4.78, 5) is 12.0. The van der Waals surface area contributed by atoms with Gasteiger partial charge in [0.1, 0.15) is 11.4 Å². The minimum absolute atomic E-state index is 0.0405. The summed E-state index contributed by atoms with van der Waals surface area (Å²) in [6, 6.07) is 3.94. The zero-order valence-electron chi connectivity index (χ0n) is 16.4. The first-order valence-electron chi connectivity index (χ1n) is 9.04. The number of alkyl carbamates (subject to hydrolysis) is 1. The fraction of sp³-hybridized carbons (Fsp3) is 0.650. The normalized spacial score (nSPS) is 12.6. The van der Waals surface area contributed by atoms with Crippen LogP contribution in [0.15, 0.2) is 12.1 Å². The summed E-state index contributed by atoms with van der Waals surface area (Å²) in [6.45, 7) is 9.75. The van der Waals surface area contributed by atoms with Gasteiger partial charge in [-0.1, -0.05) is 31.9 Å². The smallest absolute Gasteiger partial charge is 0.407 e. The second kappa shape index (κ2) is 9.91. The van der Waals surface area contributed by atoms with Gasteiger partial charge in [-0.3, -0.25) is 0 Å². The molecule has 0 aliphatic rings. The molecule has 142 valence electrons. The van der Waals surface area contributed by atoms with Gasteiger partial charge in [-0.15, -0.1) is 0 Å². The van der Waals surface area contributed by atoms with E-state index in [0.717, 1.165) is 47.6 Å². The Morgan fingerprint density at radius 2 is 1.92 bits per heavy atom. The predicted octanol–water partition coefficient (Wildman–Crippen LogP) is 5.54. The van der Waals surface area contributed by atoms with Gasteiger partial charge in [-0.25, -0.2) is 4.79 Å². The van der Waals surface area contributed by atoms with Crippen LogP contribution in [-0.4, -0.2) is 24.8 Å². The van der Waals surface area contributed by atoms with Gasteiger partial charge in [0.05, 0.1) is 7.11 Å². The van der Waals surface area contributed by atoms with Crippen LogP contribution in [0.4, 0.5) is 4.79 Å². The van der Waals surface area contributed by atoms with Crippen molar-refractivity contribution in [2.45, 2.75) is 78.4 Å². The Balaban J connectivity index is 2.87. The molecule has 4 nitrogen and oxygen atoms in total. The Bertz CT molecular complexity index is 567. The molecule has 0 spiro atoms. The van der Waals surface area contributed by atoms with Crippen LogP contribution in [0.25, 0.3) is 0 Å². The van der Waals surface area contributed by atoms with Gasteiger partial charge < -0.3 is 14.8 Å². The van der Waals surface area contributed by atoms with E-state index < -0.39 is 11.7 Å². The van der Waals surface area contributed by atoms with E-state index in [-0.39, 0.29) is 6.04 Å². The summed E-state index contributed by atoms with van der Waals surface area (Å²) in [5.74, 6) is 0.819. The van der Waals surface area contributed by atoms with Crippen molar-refractivity contribution in [1.29, 1.82) is 0 Å². The monoisotopic (exact) mass is 369 g/mol. The van der Waals surface area contributed by atoms with Crippen LogP contribution in [0.5, 0.6) is 5.75 Å². The van der Waals surface area contributed by atoms with Gasteiger partial charge in [0, 0.05) is 11.1 Å². The Labute approximate surface area is 157 Å². The first-order chi connectivity index (χ1) is 11.7. The summed E-state index contributed by atoms with van der Waals surface area (Å²) < 4.78 is 10.9. The molecule has 1 unspecified atom stereocenters. The lowest BCUT2D eigenvalue weighted by atomic mass is 9.99. The van der Waals surface area contributed by atoms with Crippen LogP contribution >= 0.6 is 11.6 Å². The number of hydrogen-bond acceptors (Lipinski definition) is 3. The molecule has 0 saturated heterocycles. The summed E-state index contributed by atoms with van der Waals surface area (Å²) in [5.41, 5.74) is 1.59. The zero-order chi connectivity index (χ0) is 19.0. The number of nitrogens with one attached hydrogen (secondary N) is 1. The molecule has 1 aromatic carbocycles. The third-order valence-electron chi connectivity index (χ3n) is 3.93. The molecule has 1 N–H and O–H groups in total. The van der Waals surface area contributed by atoms with Crippen molar-refractivity contribution in [1.82, 2.24) is 5.32 Å². The van der Waals surface area contributed by atoms with E-state index in [4.69, 9.17) is 21.1 Å². The molecule has 1 amide bonds. The molecular weight excluding hydrogens is 338 g/mol. The molecule has 0 heterocycles. The summed E-state index contributed by atoms with van der Waals surface area (Å²) in [5, 5.41) is 3.69. The molecule has 1 aromatic rings. The highest BCUT2D eigenvalue weighted by atomic mass is 35.5. The van der Waals surface area contributed by atoms with Crippen molar-refractivity contribution in [3.63, 3.8) is 0 Å². The van der Waals surface area contributed by atoms with Crippen LogP contribution in [0.3, 0.4) is 0 Å². The average molecular weight is 370 g/mol. The van der Waals surface area contributed by atoms with Crippen LogP contribution in [0.2, 0.25) is 5.02 Å². The lowest BCUT2D eigenvalue weighted by Gasteiger charge is -2.24. The van der Waals surface area contributed by atoms with Crippen molar-refractivity contribution in [3.05, 3.63) is 28.3 Å². The highest BCUT2D eigenvalue weighted by molar-refractivity contribution is 6.31. The average Bonchev–Trinajstić information content (AvgIpc) is 2.51. The number of carbonyl (C=O) groups excluding carboxylic acids is 1. The van der Waals surface area contributed by atoms with E-state index >= 15 is 0 Å². The SMILES string of the molecule is CCCCc1cc(OC)c(CC(CC)NC(=O)OC(C)(C)C)cc1Cl. The molecule has 1 rings (SSSR count). The van der Waals surface area contributed by atoms with Crippen LogP contribution in [0.1, 0.15) is 65.0 Å². The largest absolute Gasteiger partial charge is 0.496 e. The lowest BCUT2D eigenvalue weighted by Crippen LogP contribution is -2.40. The van der Waals surface area contributed by atoms with Gasteiger partial charge in [-0.05, 0) is 69.7 Å². The van der Waals surface area contributed by atoms with Crippen LogP contribution < -0.4 is 10.1 Å². The topological polar surface area (TPSA) is 47.6 Å². The molecule has 0 aliphatic carbocycles. The second-order valence-corrected chi connectivity index (χ2v) is 7.72. The number of halogens is 1. The number of amides is 1. The highest BCUT2D eigenvalue weighted by Crippen LogP contribution is 2.29. The molecule has 0 bridgehead atoms. The standard InChI is InChI=1S/C20H32ClNO3/c1-7-9-10-14-13-18(24-6)15(12-17(14)21)11-16(8-2)22-19(23)25-20(3,4)5/h12-13,16H,7-11H2,1-6H3,(H,22,23). The molecule has 0 saturated carbocycles. The van der Waals surface area contributed by atoms with E-state index in [9.17, 15) is 4.79 Å². The predicted molar refractivity (Wildman–Crippen MR) is 104 cm³/mol. The van der Waals surface area contributed by atoms with Crippen molar-refractivity contribution >= 4 is 17.7 Å². The molecular formula is C20H32ClNO3.